The van der Waals surface area contributed by atoms with Crippen LogP contribution in [0.4, 0.5) is 0 Å². The molecule has 0 bridgehead atoms. The number of carbonyl (C=O) groups excluding carboxylic acids is 1. The number of hydrogen-bond donors (Lipinski definition) is 3. The maximum Gasteiger partial charge on any atom is 0.237 e. The van der Waals surface area contributed by atoms with E-state index in [2.05, 4.69) is 26.1 Å². The summed E-state index contributed by atoms with van der Waals surface area (Å²) in [5.74, 6) is -0.0806. The molecule has 1 aromatic rings. The van der Waals surface area contributed by atoms with Gasteiger partial charge in [-0.1, -0.05) is 65.3 Å². The van der Waals surface area contributed by atoms with Gasteiger partial charge in [0.05, 0.1) is 12.1 Å². The molecule has 0 spiro atoms. The number of carbonyl (C=O) groups is 1. The van der Waals surface area contributed by atoms with Gasteiger partial charge >= 0.3 is 0 Å². The Balaban J connectivity index is 2.59. The second-order valence-electron chi connectivity index (χ2n) is 7.04. The highest BCUT2D eigenvalue weighted by atomic mass is 16.3. The van der Waals surface area contributed by atoms with Crippen LogP contribution in [0.25, 0.3) is 0 Å². The number of aliphatic hydroxyl groups excluding tert-OH is 1. The molecule has 0 aliphatic heterocycles. The Morgan fingerprint density at radius 3 is 2.27 bits per heavy atom. The Kier molecular flexibility index (Phi) is 6.57. The quantitative estimate of drug-likeness (QED) is 0.756. The van der Waals surface area contributed by atoms with Gasteiger partial charge in [0.1, 0.15) is 0 Å². The van der Waals surface area contributed by atoms with E-state index < -0.39 is 12.1 Å². The molecule has 0 fully saturated rings. The first-order chi connectivity index (χ1) is 10.2. The zero-order chi connectivity index (χ0) is 16.9. The van der Waals surface area contributed by atoms with Gasteiger partial charge in [0.2, 0.25) is 5.91 Å². The molecule has 124 valence electrons. The minimum absolute atomic E-state index is 0.0841. The van der Waals surface area contributed by atoms with Gasteiger partial charge in [-0.05, 0) is 22.5 Å². The lowest BCUT2D eigenvalue weighted by Crippen LogP contribution is -2.45. The maximum atomic E-state index is 11.9. The molecule has 4 heteroatoms. The van der Waals surface area contributed by atoms with Crippen molar-refractivity contribution >= 4 is 5.91 Å². The zero-order valence-corrected chi connectivity index (χ0v) is 14.4. The summed E-state index contributed by atoms with van der Waals surface area (Å²) in [5, 5.41) is 12.9. The van der Waals surface area contributed by atoms with Crippen LogP contribution in [0.15, 0.2) is 24.3 Å². The number of hydrogen-bond acceptors (Lipinski definition) is 3. The van der Waals surface area contributed by atoms with Gasteiger partial charge in [0.25, 0.3) is 0 Å². The van der Waals surface area contributed by atoms with Crippen molar-refractivity contribution in [2.45, 2.75) is 58.6 Å². The number of nitrogens with one attached hydrogen (secondary N) is 1. The van der Waals surface area contributed by atoms with Crippen molar-refractivity contribution in [2.24, 2.45) is 11.7 Å². The van der Waals surface area contributed by atoms with E-state index in [4.69, 9.17) is 5.73 Å². The Morgan fingerprint density at radius 2 is 1.82 bits per heavy atom. The molecule has 0 heterocycles. The van der Waals surface area contributed by atoms with Gasteiger partial charge in [-0.2, -0.15) is 0 Å². The van der Waals surface area contributed by atoms with E-state index in [0.717, 1.165) is 12.0 Å². The molecule has 0 radical (unpaired) electrons. The van der Waals surface area contributed by atoms with Crippen LogP contribution in [0, 0.1) is 5.92 Å². The summed E-state index contributed by atoms with van der Waals surface area (Å²) in [5.41, 5.74) is 7.97. The number of nitrogens with two attached hydrogens (primary N) is 1. The second kappa shape index (κ2) is 7.75. The molecule has 4 N–H and O–H groups in total. The van der Waals surface area contributed by atoms with Gasteiger partial charge in [-0.25, -0.2) is 0 Å². The van der Waals surface area contributed by atoms with Crippen molar-refractivity contribution < 1.29 is 9.90 Å². The summed E-state index contributed by atoms with van der Waals surface area (Å²) in [4.78, 5) is 11.9. The van der Waals surface area contributed by atoms with Gasteiger partial charge in [0.15, 0.2) is 0 Å². The zero-order valence-electron chi connectivity index (χ0n) is 14.4. The number of benzene rings is 1. The van der Waals surface area contributed by atoms with Crippen molar-refractivity contribution in [1.29, 1.82) is 0 Å². The Hall–Kier alpha value is -1.39. The normalized spacial score (nSPS) is 16.0. The highest BCUT2D eigenvalue weighted by Crippen LogP contribution is 2.23. The number of aliphatic hydroxyl groups is 1. The molecule has 4 nitrogen and oxygen atoms in total. The average molecular weight is 306 g/mol. The lowest BCUT2D eigenvalue weighted by Gasteiger charge is -2.21. The predicted molar refractivity (Wildman–Crippen MR) is 90.5 cm³/mol. The average Bonchev–Trinajstić information content (AvgIpc) is 2.49. The molecule has 0 saturated carbocycles. The summed E-state index contributed by atoms with van der Waals surface area (Å²) in [6, 6.07) is 7.33. The molecule has 1 aromatic carbocycles. The smallest absolute Gasteiger partial charge is 0.237 e. The third-order valence-electron chi connectivity index (χ3n) is 4.19. The minimum atomic E-state index is -0.720. The van der Waals surface area contributed by atoms with Crippen molar-refractivity contribution in [1.82, 2.24) is 5.32 Å². The van der Waals surface area contributed by atoms with Gasteiger partial charge < -0.3 is 16.2 Å². The first-order valence-electron chi connectivity index (χ1n) is 7.98. The Labute approximate surface area is 134 Å². The third-order valence-corrected chi connectivity index (χ3v) is 4.19. The molecule has 1 amide bonds. The van der Waals surface area contributed by atoms with E-state index in [1.54, 1.807) is 0 Å². The van der Waals surface area contributed by atoms with Crippen LogP contribution in [-0.2, 0) is 10.2 Å². The fourth-order valence-corrected chi connectivity index (χ4v) is 2.15. The number of rotatable bonds is 6. The maximum absolute atomic E-state index is 11.9. The van der Waals surface area contributed by atoms with E-state index in [1.807, 2.05) is 38.1 Å². The van der Waals surface area contributed by atoms with Crippen LogP contribution in [0.2, 0.25) is 0 Å². The van der Waals surface area contributed by atoms with Gasteiger partial charge in [-0.15, -0.1) is 0 Å². The summed E-state index contributed by atoms with van der Waals surface area (Å²) < 4.78 is 0. The monoisotopic (exact) mass is 306 g/mol. The SMILES string of the molecule is CCC(C)C(N)C(=O)NCC(O)c1ccc(C(C)(C)C)cc1. The second-order valence-corrected chi connectivity index (χ2v) is 7.04. The summed E-state index contributed by atoms with van der Waals surface area (Å²) in [6.45, 7) is 10.6. The van der Waals surface area contributed by atoms with Crippen LogP contribution >= 0.6 is 0 Å². The van der Waals surface area contributed by atoms with Crippen LogP contribution in [-0.4, -0.2) is 23.6 Å². The standard InChI is InChI=1S/C18H30N2O2/c1-6-12(2)16(19)17(22)20-11-15(21)13-7-9-14(10-8-13)18(3,4)5/h7-10,12,15-16,21H,6,11,19H2,1-5H3,(H,20,22). The van der Waals surface area contributed by atoms with E-state index in [-0.39, 0.29) is 23.8 Å². The molecule has 22 heavy (non-hydrogen) atoms. The Morgan fingerprint density at radius 1 is 1.27 bits per heavy atom. The molecule has 0 aliphatic carbocycles. The molecule has 3 unspecified atom stereocenters. The van der Waals surface area contributed by atoms with Crippen molar-refractivity contribution in [3.8, 4) is 0 Å². The van der Waals surface area contributed by atoms with Gasteiger partial charge in [-0.3, -0.25) is 4.79 Å². The van der Waals surface area contributed by atoms with Crippen LogP contribution in [0.5, 0.6) is 0 Å². The van der Waals surface area contributed by atoms with Crippen molar-refractivity contribution in [3.63, 3.8) is 0 Å². The van der Waals surface area contributed by atoms with E-state index in [0.29, 0.717) is 0 Å². The highest BCUT2D eigenvalue weighted by molar-refractivity contribution is 5.81. The lowest BCUT2D eigenvalue weighted by molar-refractivity contribution is -0.123. The van der Waals surface area contributed by atoms with Crippen LogP contribution in [0.3, 0.4) is 0 Å². The van der Waals surface area contributed by atoms with Crippen LogP contribution < -0.4 is 11.1 Å². The summed E-state index contributed by atoms with van der Waals surface area (Å²) in [7, 11) is 0. The summed E-state index contributed by atoms with van der Waals surface area (Å²) >= 11 is 0. The molecular formula is C18H30N2O2. The fraction of sp³-hybridized carbons (Fsp3) is 0.611. The molecule has 0 aromatic heterocycles. The predicted octanol–water partition coefficient (Wildman–Crippen LogP) is 2.51. The lowest BCUT2D eigenvalue weighted by atomic mass is 9.86. The van der Waals surface area contributed by atoms with Gasteiger partial charge in [0, 0.05) is 6.54 Å². The highest BCUT2D eigenvalue weighted by Gasteiger charge is 2.20. The van der Waals surface area contributed by atoms with E-state index in [9.17, 15) is 9.90 Å². The summed E-state index contributed by atoms with van der Waals surface area (Å²) in [6.07, 6.45) is 0.132. The topological polar surface area (TPSA) is 75.4 Å². The molecule has 1 rings (SSSR count). The molecule has 0 saturated heterocycles. The fourth-order valence-electron chi connectivity index (χ4n) is 2.15. The van der Waals surface area contributed by atoms with Crippen molar-refractivity contribution in [2.75, 3.05) is 6.54 Å². The van der Waals surface area contributed by atoms with Crippen LogP contribution in [0.1, 0.15) is 58.3 Å². The third kappa shape index (κ3) is 5.11. The number of amides is 1. The molecule has 3 atom stereocenters. The molecular weight excluding hydrogens is 276 g/mol. The van der Waals surface area contributed by atoms with Crippen molar-refractivity contribution in [3.05, 3.63) is 35.4 Å². The largest absolute Gasteiger partial charge is 0.387 e. The minimum Gasteiger partial charge on any atom is -0.387 e. The van der Waals surface area contributed by atoms with E-state index >= 15 is 0 Å². The van der Waals surface area contributed by atoms with E-state index in [1.165, 1.54) is 5.56 Å². The first kappa shape index (κ1) is 18.7. The first-order valence-corrected chi connectivity index (χ1v) is 7.98. The molecule has 0 aliphatic rings. The Bertz CT molecular complexity index is 477.